The molecule has 0 fully saturated rings. The number of nitrogens with zero attached hydrogens (tertiary/aromatic N) is 4. The normalized spacial score (nSPS) is 10.9. The first kappa shape index (κ1) is 21.3. The van der Waals surface area contributed by atoms with Gasteiger partial charge in [-0.25, -0.2) is 4.79 Å². The lowest BCUT2D eigenvalue weighted by Crippen LogP contribution is -2.14. The highest BCUT2D eigenvalue weighted by molar-refractivity contribution is 7.99. The highest BCUT2D eigenvalue weighted by Crippen LogP contribution is 2.19. The van der Waals surface area contributed by atoms with Crippen molar-refractivity contribution in [2.24, 2.45) is 0 Å². The zero-order valence-corrected chi connectivity index (χ0v) is 17.4. The number of tetrazole rings is 1. The zero-order chi connectivity index (χ0) is 21.3. The average molecular weight is 423 g/mol. The molecule has 154 valence electrons. The molecule has 0 unspecified atom stereocenters. The van der Waals surface area contributed by atoms with Gasteiger partial charge in [-0.05, 0) is 65.7 Å². The summed E-state index contributed by atoms with van der Waals surface area (Å²) in [6, 6.07) is 14.9. The Balaban J connectivity index is 1.54. The monoisotopic (exact) mass is 423 g/mol. The van der Waals surface area contributed by atoms with Crippen molar-refractivity contribution in [1.29, 1.82) is 0 Å². The minimum absolute atomic E-state index is 0.163. The van der Waals surface area contributed by atoms with Gasteiger partial charge in [-0.15, -0.1) is 5.10 Å². The minimum atomic E-state index is -0.389. The van der Waals surface area contributed by atoms with Gasteiger partial charge in [0.25, 0.3) is 0 Å². The summed E-state index contributed by atoms with van der Waals surface area (Å²) >= 11 is 1.25. The Hall–Kier alpha value is -3.46. The molecule has 0 atom stereocenters. The van der Waals surface area contributed by atoms with E-state index in [1.807, 2.05) is 31.2 Å². The standard InChI is InChI=1S/C21H21N5O3S/c1-3-29-20(28)12-9-16-7-10-17(11-8-16)22-19(27)14-30-21-23-24-25-26(21)18-6-4-5-15(2)13-18/h4-13H,3,14H2,1-2H3,(H,22,27)/b12-9+. The van der Waals surface area contributed by atoms with Crippen LogP contribution in [0.25, 0.3) is 11.8 Å². The van der Waals surface area contributed by atoms with Gasteiger partial charge in [0.15, 0.2) is 0 Å². The van der Waals surface area contributed by atoms with Crippen molar-refractivity contribution < 1.29 is 14.3 Å². The van der Waals surface area contributed by atoms with E-state index in [2.05, 4.69) is 20.8 Å². The molecular formula is C21H21N5O3S. The highest BCUT2D eigenvalue weighted by atomic mass is 32.2. The minimum Gasteiger partial charge on any atom is -0.463 e. The molecule has 1 heterocycles. The molecule has 0 spiro atoms. The van der Waals surface area contributed by atoms with Crippen LogP contribution in [0.15, 0.2) is 59.8 Å². The van der Waals surface area contributed by atoms with Crippen molar-refractivity contribution in [2.75, 3.05) is 17.7 Å². The summed E-state index contributed by atoms with van der Waals surface area (Å²) in [5, 5.41) is 15.1. The van der Waals surface area contributed by atoms with E-state index in [0.29, 0.717) is 17.5 Å². The van der Waals surface area contributed by atoms with Crippen LogP contribution in [0.2, 0.25) is 0 Å². The van der Waals surface area contributed by atoms with Gasteiger partial charge in [-0.1, -0.05) is 36.0 Å². The predicted molar refractivity (Wildman–Crippen MR) is 115 cm³/mol. The molecule has 1 aromatic heterocycles. The molecule has 3 aromatic rings. The fourth-order valence-corrected chi connectivity index (χ4v) is 3.24. The predicted octanol–water partition coefficient (Wildman–Crippen LogP) is 3.28. The van der Waals surface area contributed by atoms with Gasteiger partial charge >= 0.3 is 5.97 Å². The van der Waals surface area contributed by atoms with Crippen molar-refractivity contribution in [3.05, 3.63) is 65.7 Å². The van der Waals surface area contributed by atoms with Crippen LogP contribution in [0.4, 0.5) is 5.69 Å². The number of benzene rings is 2. The number of aromatic nitrogens is 4. The third kappa shape index (κ3) is 6.02. The van der Waals surface area contributed by atoms with Crippen molar-refractivity contribution in [3.63, 3.8) is 0 Å². The van der Waals surface area contributed by atoms with Crippen molar-refractivity contribution in [2.45, 2.75) is 19.0 Å². The van der Waals surface area contributed by atoms with Crippen LogP contribution in [0.5, 0.6) is 0 Å². The molecule has 0 bridgehead atoms. The molecule has 1 N–H and O–H groups in total. The second-order valence-electron chi connectivity index (χ2n) is 6.26. The van der Waals surface area contributed by atoms with E-state index in [-0.39, 0.29) is 17.6 Å². The van der Waals surface area contributed by atoms with E-state index in [0.717, 1.165) is 16.8 Å². The molecule has 3 rings (SSSR count). The largest absolute Gasteiger partial charge is 0.463 e. The lowest BCUT2D eigenvalue weighted by atomic mass is 10.2. The molecule has 30 heavy (non-hydrogen) atoms. The van der Waals surface area contributed by atoms with E-state index in [4.69, 9.17) is 4.74 Å². The number of hydrogen-bond donors (Lipinski definition) is 1. The van der Waals surface area contributed by atoms with Gasteiger partial charge in [-0.2, -0.15) is 4.68 Å². The maximum atomic E-state index is 12.3. The van der Waals surface area contributed by atoms with E-state index in [1.165, 1.54) is 17.8 Å². The van der Waals surface area contributed by atoms with Gasteiger partial charge in [0, 0.05) is 11.8 Å². The van der Waals surface area contributed by atoms with Crippen LogP contribution in [-0.4, -0.2) is 44.4 Å². The van der Waals surface area contributed by atoms with Crippen molar-refractivity contribution in [1.82, 2.24) is 20.2 Å². The third-order valence-electron chi connectivity index (χ3n) is 3.91. The zero-order valence-electron chi connectivity index (χ0n) is 16.6. The first-order valence-electron chi connectivity index (χ1n) is 9.28. The summed E-state index contributed by atoms with van der Waals surface area (Å²) in [6.07, 6.45) is 3.02. The van der Waals surface area contributed by atoms with Gasteiger partial charge < -0.3 is 10.1 Å². The second-order valence-corrected chi connectivity index (χ2v) is 7.20. The summed E-state index contributed by atoms with van der Waals surface area (Å²) in [4.78, 5) is 23.6. The first-order chi connectivity index (χ1) is 14.5. The average Bonchev–Trinajstić information content (AvgIpc) is 3.21. The van der Waals surface area contributed by atoms with Gasteiger partial charge in [0.1, 0.15) is 0 Å². The van der Waals surface area contributed by atoms with Crippen LogP contribution in [0.1, 0.15) is 18.1 Å². The number of rotatable bonds is 8. The lowest BCUT2D eigenvalue weighted by molar-refractivity contribution is -0.137. The molecule has 0 aliphatic heterocycles. The summed E-state index contributed by atoms with van der Waals surface area (Å²) < 4.78 is 6.45. The molecular weight excluding hydrogens is 402 g/mol. The number of carbonyl (C=O) groups excluding carboxylic acids is 2. The maximum absolute atomic E-state index is 12.3. The molecule has 0 radical (unpaired) electrons. The van der Waals surface area contributed by atoms with E-state index >= 15 is 0 Å². The molecule has 1 amide bonds. The van der Waals surface area contributed by atoms with Crippen molar-refractivity contribution in [3.8, 4) is 5.69 Å². The summed E-state index contributed by atoms with van der Waals surface area (Å²) in [5.41, 5.74) is 3.42. The van der Waals surface area contributed by atoms with Gasteiger partial charge in [0.05, 0.1) is 18.0 Å². The number of carbonyl (C=O) groups is 2. The summed E-state index contributed by atoms with van der Waals surface area (Å²) in [6.45, 7) is 4.08. The topological polar surface area (TPSA) is 99.0 Å². The molecule has 0 aliphatic rings. The summed E-state index contributed by atoms with van der Waals surface area (Å²) in [5.74, 6) is -0.398. The van der Waals surface area contributed by atoms with E-state index < -0.39 is 0 Å². The van der Waals surface area contributed by atoms with Crippen molar-refractivity contribution >= 4 is 35.4 Å². The third-order valence-corrected chi connectivity index (χ3v) is 4.83. The number of aryl methyl sites for hydroxylation is 1. The Morgan fingerprint density at radius 3 is 2.73 bits per heavy atom. The molecule has 0 saturated heterocycles. The van der Waals surface area contributed by atoms with Gasteiger partial charge in [-0.3, -0.25) is 4.79 Å². The number of ether oxygens (including phenoxy) is 1. The Labute approximate surface area is 178 Å². The maximum Gasteiger partial charge on any atom is 0.330 e. The Bertz CT molecular complexity index is 1050. The number of amides is 1. The second kappa shape index (κ2) is 10.4. The molecule has 2 aromatic carbocycles. The Morgan fingerprint density at radius 1 is 1.20 bits per heavy atom. The fraction of sp³-hybridized carbons (Fsp3) is 0.190. The first-order valence-corrected chi connectivity index (χ1v) is 10.3. The van der Waals surface area contributed by atoms with Crippen LogP contribution >= 0.6 is 11.8 Å². The van der Waals surface area contributed by atoms with Crippen LogP contribution in [0.3, 0.4) is 0 Å². The highest BCUT2D eigenvalue weighted by Gasteiger charge is 2.12. The SMILES string of the molecule is CCOC(=O)/C=C/c1ccc(NC(=O)CSc2nnnn2-c2cccc(C)c2)cc1. The van der Waals surface area contributed by atoms with Crippen LogP contribution in [0, 0.1) is 6.92 Å². The fourth-order valence-electron chi connectivity index (χ4n) is 2.55. The smallest absolute Gasteiger partial charge is 0.330 e. The quantitative estimate of drug-likeness (QED) is 0.337. The Morgan fingerprint density at radius 2 is 2.00 bits per heavy atom. The number of nitrogens with one attached hydrogen (secondary N) is 1. The number of esters is 1. The number of thioether (sulfide) groups is 1. The van der Waals surface area contributed by atoms with Crippen LogP contribution < -0.4 is 5.32 Å². The molecule has 8 nitrogen and oxygen atoms in total. The number of hydrogen-bond acceptors (Lipinski definition) is 7. The summed E-state index contributed by atoms with van der Waals surface area (Å²) in [7, 11) is 0. The molecule has 0 saturated carbocycles. The Kier molecular flexibility index (Phi) is 7.34. The molecule has 9 heteroatoms. The molecule has 0 aliphatic carbocycles. The van der Waals surface area contributed by atoms with E-state index in [9.17, 15) is 9.59 Å². The lowest BCUT2D eigenvalue weighted by Gasteiger charge is -2.06. The number of anilines is 1. The van der Waals surface area contributed by atoms with E-state index in [1.54, 1.807) is 41.9 Å². The van der Waals surface area contributed by atoms with Crippen LogP contribution in [-0.2, 0) is 14.3 Å². The van der Waals surface area contributed by atoms with Gasteiger partial charge in [0.2, 0.25) is 11.1 Å².